The number of benzene rings is 11. The largest absolute Gasteiger partial charge is 0.455 e. The van der Waals surface area contributed by atoms with E-state index in [1.807, 2.05) is 12.1 Å². The normalized spacial score (nSPS) is 13.2. The maximum atomic E-state index is 6.83. The first-order chi connectivity index (χ1) is 31.2. The van der Waals surface area contributed by atoms with Crippen molar-refractivity contribution in [1.82, 2.24) is 0 Å². The van der Waals surface area contributed by atoms with Crippen LogP contribution in [0.5, 0.6) is 0 Å². The second kappa shape index (κ2) is 12.9. The summed E-state index contributed by atoms with van der Waals surface area (Å²) in [4.78, 5) is 0. The zero-order valence-corrected chi connectivity index (χ0v) is 34.1. The number of hydrogen-bond acceptors (Lipinski definition) is 2. The van der Waals surface area contributed by atoms with Crippen LogP contribution >= 0.6 is 0 Å². The zero-order chi connectivity index (χ0) is 41.2. The van der Waals surface area contributed by atoms with Gasteiger partial charge in [0.25, 0.3) is 0 Å². The third-order valence-corrected chi connectivity index (χ3v) is 13.9. The SMILES string of the molecule is c1ccc(C2(c3ccccc3)c3cc(-c4ccc5c6ccccc6c6ccccc6c5c4)ccc3-c3ccc(-c4c5oc6ccccc6c5cc5c4oc4ccccc45)cc32)cc1. The molecule has 2 nitrogen and oxygen atoms in total. The first-order valence-electron chi connectivity index (χ1n) is 21.7. The molecule has 2 heteroatoms. The minimum atomic E-state index is -0.631. The second-order valence-electron chi connectivity index (χ2n) is 17.1. The van der Waals surface area contributed by atoms with Crippen LogP contribution in [-0.2, 0) is 5.41 Å². The minimum Gasteiger partial charge on any atom is -0.455 e. The predicted molar refractivity (Wildman–Crippen MR) is 262 cm³/mol. The minimum absolute atomic E-state index is 0.631. The van der Waals surface area contributed by atoms with E-state index in [1.165, 1.54) is 76.8 Å². The summed E-state index contributed by atoms with van der Waals surface area (Å²) < 4.78 is 13.7. The molecule has 0 saturated heterocycles. The molecule has 2 aromatic heterocycles. The van der Waals surface area contributed by atoms with Gasteiger partial charge in [0.1, 0.15) is 22.3 Å². The Kier molecular flexibility index (Phi) is 7.07. The summed E-state index contributed by atoms with van der Waals surface area (Å²) in [6.07, 6.45) is 0. The Morgan fingerprint density at radius 2 is 0.667 bits per heavy atom. The Balaban J connectivity index is 1.05. The molecule has 292 valence electrons. The first-order valence-corrected chi connectivity index (χ1v) is 21.7. The Labute approximate surface area is 362 Å². The van der Waals surface area contributed by atoms with Gasteiger partial charge >= 0.3 is 0 Å². The molecule has 0 radical (unpaired) electrons. The van der Waals surface area contributed by atoms with Crippen molar-refractivity contribution >= 4 is 76.2 Å². The maximum absolute atomic E-state index is 6.83. The van der Waals surface area contributed by atoms with Gasteiger partial charge in [-0.05, 0) is 119 Å². The molecule has 0 saturated carbocycles. The quantitative estimate of drug-likeness (QED) is 0.166. The Bertz CT molecular complexity index is 3860. The molecule has 63 heavy (non-hydrogen) atoms. The topological polar surface area (TPSA) is 26.3 Å². The van der Waals surface area contributed by atoms with E-state index >= 15 is 0 Å². The van der Waals surface area contributed by atoms with E-state index < -0.39 is 5.41 Å². The van der Waals surface area contributed by atoms with Gasteiger partial charge in [-0.1, -0.05) is 182 Å². The van der Waals surface area contributed by atoms with E-state index in [9.17, 15) is 0 Å². The van der Waals surface area contributed by atoms with Crippen LogP contribution in [0.2, 0.25) is 0 Å². The van der Waals surface area contributed by atoms with Gasteiger partial charge in [-0.15, -0.1) is 0 Å². The number of fused-ring (bicyclic) bond motifs is 15. The summed E-state index contributed by atoms with van der Waals surface area (Å²) in [5.41, 5.74) is 14.6. The van der Waals surface area contributed by atoms with Crippen LogP contribution in [0.15, 0.2) is 227 Å². The van der Waals surface area contributed by atoms with Crippen LogP contribution < -0.4 is 0 Å². The highest BCUT2D eigenvalue weighted by Crippen LogP contribution is 2.58. The maximum Gasteiger partial charge on any atom is 0.147 e. The lowest BCUT2D eigenvalue weighted by Gasteiger charge is -2.34. The Morgan fingerprint density at radius 3 is 1.21 bits per heavy atom. The number of hydrogen-bond donors (Lipinski definition) is 0. The fourth-order valence-corrected chi connectivity index (χ4v) is 11.2. The van der Waals surface area contributed by atoms with Crippen molar-refractivity contribution in [3.63, 3.8) is 0 Å². The molecule has 0 aliphatic heterocycles. The summed E-state index contributed by atoms with van der Waals surface area (Å²) in [6.45, 7) is 0. The second-order valence-corrected chi connectivity index (χ2v) is 17.1. The van der Waals surface area contributed by atoms with E-state index in [0.29, 0.717) is 0 Å². The molecule has 13 aromatic rings. The standard InChI is InChI=1S/C61H36O2/c1-3-15-40(16-4-1)61(41-17-5-2-6-18-41)54-34-38(37-27-30-46-44-21-8-7-19-42(44)43-20-9-10-22-45(43)51(46)33-37)28-31-47(54)48-32-29-39(35-55(48)61)58-59-52(49-23-11-13-25-56(49)62-59)36-53-50-24-12-14-26-57(50)63-60(53)58/h1-36H. The molecule has 2 heterocycles. The molecule has 0 fully saturated rings. The molecule has 0 atom stereocenters. The molecule has 14 rings (SSSR count). The van der Waals surface area contributed by atoms with Gasteiger partial charge in [-0.2, -0.15) is 0 Å². The fourth-order valence-electron chi connectivity index (χ4n) is 11.2. The summed E-state index contributed by atoms with van der Waals surface area (Å²) in [5, 5.41) is 12.0. The van der Waals surface area contributed by atoms with Crippen molar-refractivity contribution in [2.24, 2.45) is 0 Å². The molecular formula is C61H36O2. The average Bonchev–Trinajstić information content (AvgIpc) is 4.01. The van der Waals surface area contributed by atoms with Crippen LogP contribution in [-0.4, -0.2) is 0 Å². The first kappa shape index (κ1) is 34.5. The van der Waals surface area contributed by atoms with E-state index in [0.717, 1.165) is 55.0 Å². The van der Waals surface area contributed by atoms with E-state index in [4.69, 9.17) is 8.83 Å². The van der Waals surface area contributed by atoms with Crippen molar-refractivity contribution in [2.45, 2.75) is 5.41 Å². The molecule has 0 unspecified atom stereocenters. The summed E-state index contributed by atoms with van der Waals surface area (Å²) in [7, 11) is 0. The van der Waals surface area contributed by atoms with Crippen LogP contribution in [0.25, 0.3) is 110 Å². The smallest absolute Gasteiger partial charge is 0.147 e. The van der Waals surface area contributed by atoms with Crippen molar-refractivity contribution in [3.05, 3.63) is 241 Å². The number of rotatable bonds is 4. The molecule has 0 bridgehead atoms. The van der Waals surface area contributed by atoms with Gasteiger partial charge in [-0.3, -0.25) is 0 Å². The molecule has 0 amide bonds. The van der Waals surface area contributed by atoms with Gasteiger partial charge in [0, 0.05) is 21.5 Å². The van der Waals surface area contributed by atoms with Crippen LogP contribution in [0.1, 0.15) is 22.3 Å². The van der Waals surface area contributed by atoms with Crippen molar-refractivity contribution in [1.29, 1.82) is 0 Å². The highest BCUT2D eigenvalue weighted by atomic mass is 16.3. The number of para-hydroxylation sites is 2. The Hall–Kier alpha value is -8.20. The lowest BCUT2D eigenvalue weighted by atomic mass is 9.67. The van der Waals surface area contributed by atoms with Crippen LogP contribution in [0.3, 0.4) is 0 Å². The predicted octanol–water partition coefficient (Wildman–Crippen LogP) is 16.6. The van der Waals surface area contributed by atoms with Crippen molar-refractivity contribution < 1.29 is 8.83 Å². The average molecular weight is 801 g/mol. The van der Waals surface area contributed by atoms with Crippen molar-refractivity contribution in [3.8, 4) is 33.4 Å². The highest BCUT2D eigenvalue weighted by molar-refractivity contribution is 6.26. The number of furan rings is 2. The van der Waals surface area contributed by atoms with Crippen molar-refractivity contribution in [2.75, 3.05) is 0 Å². The lowest BCUT2D eigenvalue weighted by Crippen LogP contribution is -2.28. The van der Waals surface area contributed by atoms with Gasteiger partial charge in [0.2, 0.25) is 0 Å². The van der Waals surface area contributed by atoms with E-state index in [1.54, 1.807) is 0 Å². The van der Waals surface area contributed by atoms with Crippen LogP contribution in [0, 0.1) is 0 Å². The molecule has 0 spiro atoms. The molecule has 1 aliphatic carbocycles. The molecule has 1 aliphatic rings. The third kappa shape index (κ3) is 4.72. The monoisotopic (exact) mass is 800 g/mol. The zero-order valence-electron chi connectivity index (χ0n) is 34.1. The highest BCUT2D eigenvalue weighted by Gasteiger charge is 2.46. The van der Waals surface area contributed by atoms with Gasteiger partial charge in [0.15, 0.2) is 0 Å². The Morgan fingerprint density at radius 1 is 0.270 bits per heavy atom. The molecule has 0 N–H and O–H groups in total. The van der Waals surface area contributed by atoms with E-state index in [-0.39, 0.29) is 0 Å². The third-order valence-electron chi connectivity index (χ3n) is 13.9. The summed E-state index contributed by atoms with van der Waals surface area (Å²) in [5.74, 6) is 0. The lowest BCUT2D eigenvalue weighted by molar-refractivity contribution is 0.658. The van der Waals surface area contributed by atoms with Gasteiger partial charge in [-0.25, -0.2) is 0 Å². The summed E-state index contributed by atoms with van der Waals surface area (Å²) >= 11 is 0. The summed E-state index contributed by atoms with van der Waals surface area (Å²) in [6, 6.07) is 80.0. The van der Waals surface area contributed by atoms with Gasteiger partial charge < -0.3 is 8.83 Å². The molecular weight excluding hydrogens is 765 g/mol. The molecule has 11 aromatic carbocycles. The van der Waals surface area contributed by atoms with E-state index in [2.05, 4.69) is 206 Å². The van der Waals surface area contributed by atoms with Crippen LogP contribution in [0.4, 0.5) is 0 Å². The van der Waals surface area contributed by atoms with Gasteiger partial charge in [0.05, 0.1) is 11.0 Å². The fraction of sp³-hybridized carbons (Fsp3) is 0.0164.